The molecule has 1 aliphatic rings. The van der Waals surface area contributed by atoms with Gasteiger partial charge < -0.3 is 15.3 Å². The second kappa shape index (κ2) is 7.18. The van der Waals surface area contributed by atoms with Crippen molar-refractivity contribution in [1.29, 1.82) is 0 Å². The molecule has 1 aromatic rings. The summed E-state index contributed by atoms with van der Waals surface area (Å²) in [4.78, 5) is 1.60. The third kappa shape index (κ3) is 4.38. The lowest BCUT2D eigenvalue weighted by molar-refractivity contribution is 0.153. The van der Waals surface area contributed by atoms with Crippen molar-refractivity contribution in [2.24, 2.45) is 5.92 Å². The van der Waals surface area contributed by atoms with Crippen LogP contribution in [0.2, 0.25) is 0 Å². The second-order valence-corrected chi connectivity index (χ2v) is 6.17. The Bertz CT molecular complexity index is 456. The highest BCUT2D eigenvalue weighted by molar-refractivity contribution is 5.51. The molecule has 1 unspecified atom stereocenters. The van der Waals surface area contributed by atoms with Crippen molar-refractivity contribution >= 4 is 5.69 Å². The monoisotopic (exact) mass is 298 g/mol. The summed E-state index contributed by atoms with van der Waals surface area (Å²) in [6.07, 6.45) is 0.930. The van der Waals surface area contributed by atoms with E-state index in [0.717, 1.165) is 13.0 Å². The number of hydrogen-bond donors (Lipinski definition) is 2. The van der Waals surface area contributed by atoms with Crippen LogP contribution >= 0.6 is 0 Å². The van der Waals surface area contributed by atoms with E-state index in [1.807, 2.05) is 0 Å². The number of β-amino-alcohol motifs (C(OH)–C–C–N with tert-alkyl or cyclic N) is 1. The third-order valence-corrected chi connectivity index (χ3v) is 3.67. The van der Waals surface area contributed by atoms with Crippen molar-refractivity contribution in [2.75, 3.05) is 24.5 Å². The van der Waals surface area contributed by atoms with E-state index in [0.29, 0.717) is 37.5 Å². The van der Waals surface area contributed by atoms with E-state index >= 15 is 0 Å². The average Bonchev–Trinajstić information content (AvgIpc) is 2.37. The lowest BCUT2D eigenvalue weighted by Crippen LogP contribution is -2.39. The van der Waals surface area contributed by atoms with Gasteiger partial charge in [-0.1, -0.05) is 13.8 Å². The number of halogens is 2. The Labute approximate surface area is 125 Å². The first kappa shape index (κ1) is 16.2. The highest BCUT2D eigenvalue weighted by Gasteiger charge is 2.23. The van der Waals surface area contributed by atoms with Gasteiger partial charge in [0.1, 0.15) is 17.3 Å². The van der Waals surface area contributed by atoms with Gasteiger partial charge in [-0.15, -0.1) is 0 Å². The fourth-order valence-corrected chi connectivity index (χ4v) is 2.69. The molecule has 0 aliphatic carbocycles. The average molecular weight is 298 g/mol. The highest BCUT2D eigenvalue weighted by atomic mass is 19.1. The van der Waals surface area contributed by atoms with Crippen molar-refractivity contribution < 1.29 is 13.9 Å². The van der Waals surface area contributed by atoms with Crippen LogP contribution < -0.4 is 10.2 Å². The maximum absolute atomic E-state index is 14.2. The Morgan fingerprint density at radius 1 is 1.33 bits per heavy atom. The van der Waals surface area contributed by atoms with Gasteiger partial charge in [-0.05, 0) is 43.0 Å². The van der Waals surface area contributed by atoms with Gasteiger partial charge in [0.15, 0.2) is 0 Å². The molecule has 1 aromatic carbocycles. The van der Waals surface area contributed by atoms with E-state index in [-0.39, 0.29) is 5.69 Å². The zero-order valence-electron chi connectivity index (χ0n) is 12.7. The molecule has 0 amide bonds. The molecule has 0 aromatic heterocycles. The SMILES string of the molecule is CC(C)CNCc1cc(F)c(N2CCCC(O)C2)c(F)c1. The second-order valence-electron chi connectivity index (χ2n) is 6.17. The summed E-state index contributed by atoms with van der Waals surface area (Å²) in [7, 11) is 0. The molecule has 0 radical (unpaired) electrons. The minimum Gasteiger partial charge on any atom is -0.391 e. The van der Waals surface area contributed by atoms with Gasteiger partial charge in [-0.25, -0.2) is 8.78 Å². The molecule has 3 nitrogen and oxygen atoms in total. The van der Waals surface area contributed by atoms with E-state index < -0.39 is 17.7 Å². The Kier molecular flexibility index (Phi) is 5.53. The van der Waals surface area contributed by atoms with Crippen LogP contribution in [-0.2, 0) is 6.54 Å². The van der Waals surface area contributed by atoms with Crippen molar-refractivity contribution in [1.82, 2.24) is 5.32 Å². The molecule has 1 atom stereocenters. The molecule has 118 valence electrons. The fourth-order valence-electron chi connectivity index (χ4n) is 2.69. The van der Waals surface area contributed by atoms with Crippen molar-refractivity contribution in [2.45, 2.75) is 39.3 Å². The molecule has 1 saturated heterocycles. The van der Waals surface area contributed by atoms with E-state index in [2.05, 4.69) is 19.2 Å². The highest BCUT2D eigenvalue weighted by Crippen LogP contribution is 2.27. The fraction of sp³-hybridized carbons (Fsp3) is 0.625. The Morgan fingerprint density at radius 3 is 2.57 bits per heavy atom. The zero-order chi connectivity index (χ0) is 15.4. The number of nitrogens with one attached hydrogen (secondary N) is 1. The molecule has 2 rings (SSSR count). The van der Waals surface area contributed by atoms with Gasteiger partial charge in [-0.3, -0.25) is 0 Å². The lowest BCUT2D eigenvalue weighted by atomic mass is 10.1. The Morgan fingerprint density at radius 2 is 2.00 bits per heavy atom. The Hall–Kier alpha value is -1.20. The van der Waals surface area contributed by atoms with Crippen LogP contribution in [0.25, 0.3) is 0 Å². The van der Waals surface area contributed by atoms with Gasteiger partial charge in [0.2, 0.25) is 0 Å². The van der Waals surface area contributed by atoms with Crippen LogP contribution in [-0.4, -0.2) is 30.8 Å². The van der Waals surface area contributed by atoms with Crippen LogP contribution in [0.1, 0.15) is 32.3 Å². The molecule has 1 aliphatic heterocycles. The van der Waals surface area contributed by atoms with Gasteiger partial charge in [-0.2, -0.15) is 0 Å². The molecule has 21 heavy (non-hydrogen) atoms. The van der Waals surface area contributed by atoms with Crippen molar-refractivity contribution in [3.63, 3.8) is 0 Å². The smallest absolute Gasteiger partial charge is 0.149 e. The molecule has 2 N–H and O–H groups in total. The molecule has 0 spiro atoms. The molecular formula is C16H24F2N2O. The minimum atomic E-state index is -0.551. The predicted molar refractivity (Wildman–Crippen MR) is 80.4 cm³/mol. The van der Waals surface area contributed by atoms with Gasteiger partial charge in [0.25, 0.3) is 0 Å². The minimum absolute atomic E-state index is 0.0126. The van der Waals surface area contributed by atoms with E-state index in [9.17, 15) is 13.9 Å². The van der Waals surface area contributed by atoms with Gasteiger partial charge >= 0.3 is 0 Å². The van der Waals surface area contributed by atoms with Gasteiger partial charge in [0, 0.05) is 19.6 Å². The maximum atomic E-state index is 14.2. The number of piperidine rings is 1. The first-order chi connectivity index (χ1) is 9.97. The number of anilines is 1. The molecule has 1 fully saturated rings. The summed E-state index contributed by atoms with van der Waals surface area (Å²) >= 11 is 0. The number of aliphatic hydroxyl groups is 1. The van der Waals surface area contributed by atoms with Gasteiger partial charge in [0.05, 0.1) is 6.10 Å². The summed E-state index contributed by atoms with van der Waals surface area (Å²) in [6, 6.07) is 2.76. The van der Waals surface area contributed by atoms with E-state index in [4.69, 9.17) is 0 Å². The van der Waals surface area contributed by atoms with Crippen LogP contribution in [0.15, 0.2) is 12.1 Å². The Balaban J connectivity index is 2.09. The first-order valence-corrected chi connectivity index (χ1v) is 7.59. The number of benzene rings is 1. The van der Waals surface area contributed by atoms with Crippen LogP contribution in [0, 0.1) is 17.6 Å². The van der Waals surface area contributed by atoms with Crippen LogP contribution in [0.5, 0.6) is 0 Å². The summed E-state index contributed by atoms with van der Waals surface area (Å²) in [5, 5.41) is 12.8. The molecular weight excluding hydrogens is 274 g/mol. The van der Waals surface area contributed by atoms with E-state index in [1.54, 1.807) is 4.90 Å². The molecule has 0 saturated carbocycles. The molecule has 5 heteroatoms. The summed E-state index contributed by atoms with van der Waals surface area (Å²) in [5.41, 5.74) is 0.591. The molecule has 0 bridgehead atoms. The number of hydrogen-bond acceptors (Lipinski definition) is 3. The normalized spacial score (nSPS) is 19.3. The summed E-state index contributed by atoms with van der Waals surface area (Å²) < 4.78 is 28.4. The number of aliphatic hydroxyl groups excluding tert-OH is 1. The number of nitrogens with zero attached hydrogens (tertiary/aromatic N) is 1. The topological polar surface area (TPSA) is 35.5 Å². The van der Waals surface area contributed by atoms with Crippen molar-refractivity contribution in [3.8, 4) is 0 Å². The number of rotatable bonds is 5. The standard InChI is InChI=1S/C16H24F2N2O/c1-11(2)8-19-9-12-6-14(17)16(15(18)7-12)20-5-3-4-13(21)10-20/h6-7,11,13,19,21H,3-5,8-10H2,1-2H3. The summed E-state index contributed by atoms with van der Waals surface area (Å²) in [6.45, 7) is 6.30. The van der Waals surface area contributed by atoms with Crippen molar-refractivity contribution in [3.05, 3.63) is 29.3 Å². The lowest BCUT2D eigenvalue weighted by Gasteiger charge is -2.32. The van der Waals surface area contributed by atoms with E-state index in [1.165, 1.54) is 12.1 Å². The quantitative estimate of drug-likeness (QED) is 0.877. The largest absolute Gasteiger partial charge is 0.391 e. The van der Waals surface area contributed by atoms with Crippen LogP contribution in [0.3, 0.4) is 0 Å². The first-order valence-electron chi connectivity index (χ1n) is 7.59. The van der Waals surface area contributed by atoms with Crippen LogP contribution in [0.4, 0.5) is 14.5 Å². The predicted octanol–water partition coefficient (Wildman–Crippen LogP) is 2.67. The zero-order valence-corrected chi connectivity index (χ0v) is 12.7. The molecule has 1 heterocycles. The summed E-state index contributed by atoms with van der Waals surface area (Å²) in [5.74, 6) is -0.607. The third-order valence-electron chi connectivity index (χ3n) is 3.67. The maximum Gasteiger partial charge on any atom is 0.149 e.